The number of halogens is 1. The quantitative estimate of drug-likeness (QED) is 0.866. The summed E-state index contributed by atoms with van der Waals surface area (Å²) in [6.45, 7) is 3.79. The molecule has 2 aromatic rings. The second-order valence-corrected chi connectivity index (χ2v) is 7.62. The van der Waals surface area contributed by atoms with Crippen molar-refractivity contribution in [1.82, 2.24) is 18.8 Å². The topological polar surface area (TPSA) is 84.0 Å². The first-order valence-electron chi connectivity index (χ1n) is 7.02. The average molecular weight is 363 g/mol. The van der Waals surface area contributed by atoms with E-state index in [2.05, 4.69) is 18.8 Å². The van der Waals surface area contributed by atoms with Crippen LogP contribution in [0.4, 0.5) is 0 Å². The van der Waals surface area contributed by atoms with Crippen LogP contribution in [0.2, 0.25) is 0 Å². The van der Waals surface area contributed by atoms with E-state index in [9.17, 15) is 8.42 Å². The Kier molecular flexibility index (Phi) is 5.73. The Morgan fingerprint density at radius 2 is 2.23 bits per heavy atom. The molecule has 6 nitrogen and oxygen atoms in total. The molecule has 1 aromatic carbocycles. The van der Waals surface area contributed by atoms with Gasteiger partial charge in [-0.3, -0.25) is 0 Å². The van der Waals surface area contributed by atoms with E-state index in [1.807, 2.05) is 6.92 Å². The van der Waals surface area contributed by atoms with E-state index < -0.39 is 10.0 Å². The van der Waals surface area contributed by atoms with E-state index in [1.54, 1.807) is 18.2 Å². The standard InChI is InChI=1S/C13H18N4O2S2.ClH/c1-9(10-4-3-7-14-8-10)17-21(18,19)12-6-2-5-11-13(12)16-20-15-11;/h2,5-6,9-10,14,17H,3-4,7-8H2,1H3;1H. The van der Waals surface area contributed by atoms with Gasteiger partial charge in [0.2, 0.25) is 10.0 Å². The molecule has 0 saturated carbocycles. The summed E-state index contributed by atoms with van der Waals surface area (Å²) in [5.74, 6) is 0.321. The number of nitrogens with zero attached hydrogens (tertiary/aromatic N) is 2. The molecule has 0 spiro atoms. The zero-order valence-electron chi connectivity index (χ0n) is 12.2. The molecule has 1 aliphatic heterocycles. The molecule has 2 N–H and O–H groups in total. The Morgan fingerprint density at radius 1 is 1.41 bits per heavy atom. The number of nitrogens with one attached hydrogen (secondary N) is 2. The van der Waals surface area contributed by atoms with Crippen molar-refractivity contribution in [1.29, 1.82) is 0 Å². The molecule has 0 radical (unpaired) electrons. The summed E-state index contributed by atoms with van der Waals surface area (Å²) in [7, 11) is -3.58. The van der Waals surface area contributed by atoms with Crippen LogP contribution in [0, 0.1) is 5.92 Å². The molecule has 3 rings (SSSR count). The Hall–Kier alpha value is -0.800. The summed E-state index contributed by atoms with van der Waals surface area (Å²) >= 11 is 1.03. The first-order chi connectivity index (χ1) is 10.1. The molecule has 0 bridgehead atoms. The van der Waals surface area contributed by atoms with Crippen molar-refractivity contribution in [2.45, 2.75) is 30.7 Å². The van der Waals surface area contributed by atoms with Gasteiger partial charge in [0.05, 0.1) is 11.7 Å². The van der Waals surface area contributed by atoms with Gasteiger partial charge in [-0.15, -0.1) is 12.4 Å². The fraction of sp³-hybridized carbons (Fsp3) is 0.538. The van der Waals surface area contributed by atoms with Crippen LogP contribution in [-0.4, -0.2) is 36.3 Å². The van der Waals surface area contributed by atoms with E-state index in [0.717, 1.165) is 37.7 Å². The predicted molar refractivity (Wildman–Crippen MR) is 90.0 cm³/mol. The number of fused-ring (bicyclic) bond motifs is 1. The monoisotopic (exact) mass is 362 g/mol. The maximum Gasteiger partial charge on any atom is 0.243 e. The SMILES string of the molecule is CC(NS(=O)(=O)c1cccc2nsnc12)C1CCCNC1.Cl. The number of aromatic nitrogens is 2. The number of benzene rings is 1. The van der Waals surface area contributed by atoms with Crippen LogP contribution in [-0.2, 0) is 10.0 Å². The lowest BCUT2D eigenvalue weighted by Crippen LogP contribution is -2.44. The van der Waals surface area contributed by atoms with Gasteiger partial charge in [-0.1, -0.05) is 6.07 Å². The third-order valence-corrected chi connectivity index (χ3v) is 6.05. The van der Waals surface area contributed by atoms with Crippen LogP contribution in [0.5, 0.6) is 0 Å². The number of piperidine rings is 1. The molecule has 2 unspecified atom stereocenters. The Balaban J connectivity index is 0.00000176. The van der Waals surface area contributed by atoms with Crippen LogP contribution in [0.1, 0.15) is 19.8 Å². The first kappa shape index (κ1) is 17.6. The minimum absolute atomic E-state index is 0. The van der Waals surface area contributed by atoms with Crippen molar-refractivity contribution in [3.05, 3.63) is 18.2 Å². The maximum absolute atomic E-state index is 12.6. The third-order valence-electron chi connectivity index (χ3n) is 3.92. The predicted octanol–water partition coefficient (Wildman–Crippen LogP) is 1.78. The van der Waals surface area contributed by atoms with Crippen LogP contribution < -0.4 is 10.0 Å². The van der Waals surface area contributed by atoms with Gasteiger partial charge >= 0.3 is 0 Å². The molecule has 122 valence electrons. The minimum atomic E-state index is -3.58. The fourth-order valence-corrected chi connectivity index (χ4v) is 4.79. The van der Waals surface area contributed by atoms with Crippen LogP contribution in [0.25, 0.3) is 11.0 Å². The third kappa shape index (κ3) is 3.57. The largest absolute Gasteiger partial charge is 0.316 e. The molecule has 0 aliphatic carbocycles. The second-order valence-electron chi connectivity index (χ2n) is 5.40. The summed E-state index contributed by atoms with van der Waals surface area (Å²) < 4.78 is 36.2. The fourth-order valence-electron chi connectivity index (χ4n) is 2.71. The Bertz CT molecular complexity index is 728. The lowest BCUT2D eigenvalue weighted by Gasteiger charge is -2.28. The van der Waals surface area contributed by atoms with Gasteiger partial charge in [-0.05, 0) is 50.9 Å². The molecule has 9 heteroatoms. The Labute approximate surface area is 140 Å². The van der Waals surface area contributed by atoms with Crippen molar-refractivity contribution < 1.29 is 8.42 Å². The molecule has 1 aliphatic rings. The summed E-state index contributed by atoms with van der Waals surface area (Å²) in [5.41, 5.74) is 1.07. The second kappa shape index (κ2) is 7.18. The van der Waals surface area contributed by atoms with Crippen molar-refractivity contribution >= 4 is 45.2 Å². The molecular formula is C13H19ClN4O2S2. The molecule has 2 atom stereocenters. The van der Waals surface area contributed by atoms with E-state index in [-0.39, 0.29) is 23.3 Å². The zero-order chi connectivity index (χ0) is 14.9. The summed E-state index contributed by atoms with van der Waals surface area (Å²) in [5, 5.41) is 3.31. The van der Waals surface area contributed by atoms with E-state index >= 15 is 0 Å². The van der Waals surface area contributed by atoms with Gasteiger partial charge in [-0.25, -0.2) is 13.1 Å². The minimum Gasteiger partial charge on any atom is -0.316 e. The normalized spacial score (nSPS) is 20.5. The van der Waals surface area contributed by atoms with Gasteiger partial charge in [0, 0.05) is 6.04 Å². The number of hydrogen-bond acceptors (Lipinski definition) is 6. The van der Waals surface area contributed by atoms with E-state index in [0.29, 0.717) is 17.0 Å². The summed E-state index contributed by atoms with van der Waals surface area (Å²) in [4.78, 5) is 0.212. The molecule has 2 heterocycles. The van der Waals surface area contributed by atoms with Gasteiger partial charge in [0.25, 0.3) is 0 Å². The van der Waals surface area contributed by atoms with Crippen molar-refractivity contribution in [2.24, 2.45) is 5.92 Å². The van der Waals surface area contributed by atoms with Crippen LogP contribution in [0.3, 0.4) is 0 Å². The number of rotatable bonds is 4. The lowest BCUT2D eigenvalue weighted by atomic mass is 9.94. The van der Waals surface area contributed by atoms with Gasteiger partial charge < -0.3 is 5.32 Å². The van der Waals surface area contributed by atoms with Crippen molar-refractivity contribution in [3.63, 3.8) is 0 Å². The molecule has 22 heavy (non-hydrogen) atoms. The molecule has 1 saturated heterocycles. The smallest absolute Gasteiger partial charge is 0.243 e. The summed E-state index contributed by atoms with van der Waals surface area (Å²) in [6.07, 6.45) is 2.13. The number of hydrogen-bond donors (Lipinski definition) is 2. The highest BCUT2D eigenvalue weighted by atomic mass is 35.5. The summed E-state index contributed by atoms with van der Waals surface area (Å²) in [6, 6.07) is 4.94. The lowest BCUT2D eigenvalue weighted by molar-refractivity contribution is 0.320. The highest BCUT2D eigenvalue weighted by Crippen LogP contribution is 2.22. The highest BCUT2D eigenvalue weighted by Gasteiger charge is 2.26. The first-order valence-corrected chi connectivity index (χ1v) is 9.23. The van der Waals surface area contributed by atoms with E-state index in [1.165, 1.54) is 0 Å². The van der Waals surface area contributed by atoms with Crippen molar-refractivity contribution in [2.75, 3.05) is 13.1 Å². The molecule has 1 aromatic heterocycles. The zero-order valence-corrected chi connectivity index (χ0v) is 14.6. The van der Waals surface area contributed by atoms with Crippen molar-refractivity contribution in [3.8, 4) is 0 Å². The number of sulfonamides is 1. The molecule has 1 fully saturated rings. The maximum atomic E-state index is 12.6. The Morgan fingerprint density at radius 3 is 2.95 bits per heavy atom. The van der Waals surface area contributed by atoms with Gasteiger partial charge in [0.1, 0.15) is 15.9 Å². The average Bonchev–Trinajstić information content (AvgIpc) is 2.95. The van der Waals surface area contributed by atoms with Crippen LogP contribution >= 0.6 is 24.1 Å². The highest BCUT2D eigenvalue weighted by molar-refractivity contribution is 7.89. The van der Waals surface area contributed by atoms with E-state index in [4.69, 9.17) is 0 Å². The van der Waals surface area contributed by atoms with Crippen LogP contribution in [0.15, 0.2) is 23.1 Å². The molecular weight excluding hydrogens is 344 g/mol. The van der Waals surface area contributed by atoms with Gasteiger partial charge in [-0.2, -0.15) is 8.75 Å². The molecule has 0 amide bonds. The van der Waals surface area contributed by atoms with Gasteiger partial charge in [0.15, 0.2) is 0 Å².